The van der Waals surface area contributed by atoms with Gasteiger partial charge in [-0.2, -0.15) is 13.2 Å². The summed E-state index contributed by atoms with van der Waals surface area (Å²) in [5.74, 6) is -2.34. The lowest BCUT2D eigenvalue weighted by Gasteiger charge is -2.29. The van der Waals surface area contributed by atoms with Crippen molar-refractivity contribution in [3.8, 4) is 0 Å². The largest absolute Gasteiger partial charge is 0.444 e. The van der Waals surface area contributed by atoms with Crippen LogP contribution in [0.1, 0.15) is 43.7 Å². The second-order valence-electron chi connectivity index (χ2n) is 6.57. The van der Waals surface area contributed by atoms with E-state index in [4.69, 9.17) is 16.2 Å². The predicted octanol–water partition coefficient (Wildman–Crippen LogP) is 2.04. The maximum absolute atomic E-state index is 13.0. The van der Waals surface area contributed by atoms with E-state index >= 15 is 0 Å². The third kappa shape index (κ3) is 7.55. The normalized spacial score (nSPS) is 12.9. The number of carbonyl (C=O) groups is 3. The molecule has 1 rings (SSSR count). The first-order chi connectivity index (χ1) is 12.3. The average Bonchev–Trinajstić information content (AvgIpc) is 2.50. The van der Waals surface area contributed by atoms with Gasteiger partial charge in [-0.3, -0.25) is 9.59 Å². The second-order valence-corrected chi connectivity index (χ2v) is 6.57. The fourth-order valence-electron chi connectivity index (χ4n) is 2.53. The Bertz CT molecular complexity index is 705. The van der Waals surface area contributed by atoms with E-state index < -0.39 is 41.2 Å². The molecule has 7 nitrogen and oxygen atoms in total. The highest BCUT2D eigenvalue weighted by Crippen LogP contribution is 2.34. The molecule has 1 aromatic carbocycles. The minimum absolute atomic E-state index is 0.0687. The zero-order chi connectivity index (χ0) is 20.8. The third-order valence-electron chi connectivity index (χ3n) is 3.68. The zero-order valence-corrected chi connectivity index (χ0v) is 14.9. The van der Waals surface area contributed by atoms with E-state index in [0.29, 0.717) is 0 Å². The fraction of sp³-hybridized carbons (Fsp3) is 0.471. The van der Waals surface area contributed by atoms with Crippen LogP contribution in [0.25, 0.3) is 0 Å². The Morgan fingerprint density at radius 2 is 1.81 bits per heavy atom. The van der Waals surface area contributed by atoms with E-state index in [1.165, 1.54) is 26.0 Å². The molecule has 1 atom stereocenters. The van der Waals surface area contributed by atoms with Gasteiger partial charge < -0.3 is 21.5 Å². The molecule has 0 radical (unpaired) electrons. The van der Waals surface area contributed by atoms with Crippen LogP contribution in [-0.4, -0.2) is 30.1 Å². The maximum Gasteiger partial charge on any atom is 0.416 e. The summed E-state index contributed by atoms with van der Waals surface area (Å²) in [6, 6.07) is 4.30. The number of ether oxygens (including phenoxy) is 1. The molecular weight excluding hydrogens is 367 g/mol. The molecule has 0 saturated carbocycles. The van der Waals surface area contributed by atoms with Crippen molar-refractivity contribution in [2.45, 2.75) is 44.4 Å². The van der Waals surface area contributed by atoms with Gasteiger partial charge in [-0.15, -0.1) is 0 Å². The van der Waals surface area contributed by atoms with Crippen molar-refractivity contribution in [2.24, 2.45) is 11.5 Å². The number of hydrogen-bond donors (Lipinski definition) is 3. The van der Waals surface area contributed by atoms with Crippen LogP contribution < -0.4 is 16.8 Å². The molecule has 0 heterocycles. The van der Waals surface area contributed by atoms with Crippen molar-refractivity contribution < 1.29 is 32.3 Å². The molecule has 27 heavy (non-hydrogen) atoms. The Morgan fingerprint density at radius 3 is 2.33 bits per heavy atom. The van der Waals surface area contributed by atoms with Crippen LogP contribution in [0.15, 0.2) is 24.3 Å². The second kappa shape index (κ2) is 8.74. The number of benzene rings is 1. The lowest BCUT2D eigenvalue weighted by Crippen LogP contribution is -2.38. The smallest absolute Gasteiger partial charge is 0.416 e. The summed E-state index contributed by atoms with van der Waals surface area (Å²) >= 11 is 0. The number of carbonyl (C=O) groups excluding carboxylic acids is 3. The van der Waals surface area contributed by atoms with Crippen LogP contribution in [0.4, 0.5) is 18.0 Å². The topological polar surface area (TPSA) is 125 Å². The van der Waals surface area contributed by atoms with Gasteiger partial charge in [0.15, 0.2) is 0 Å². The Balaban J connectivity index is 3.15. The molecule has 5 N–H and O–H groups in total. The summed E-state index contributed by atoms with van der Waals surface area (Å²) in [7, 11) is 0. The van der Waals surface area contributed by atoms with E-state index in [1.54, 1.807) is 0 Å². The summed E-state index contributed by atoms with van der Waals surface area (Å²) in [6.07, 6.45) is -5.90. The Labute approximate surface area is 154 Å². The first kappa shape index (κ1) is 22.3. The van der Waals surface area contributed by atoms with E-state index in [2.05, 4.69) is 5.32 Å². The Kier molecular flexibility index (Phi) is 7.21. The van der Waals surface area contributed by atoms with Gasteiger partial charge in [0, 0.05) is 19.4 Å². The van der Waals surface area contributed by atoms with Gasteiger partial charge in [0.05, 0.1) is 11.5 Å². The van der Waals surface area contributed by atoms with Crippen molar-refractivity contribution in [1.82, 2.24) is 5.32 Å². The van der Waals surface area contributed by atoms with Gasteiger partial charge in [-0.05, 0) is 25.5 Å². The summed E-state index contributed by atoms with van der Waals surface area (Å²) in [4.78, 5) is 34.4. The number of halogens is 3. The van der Waals surface area contributed by atoms with Crippen molar-refractivity contribution in [3.05, 3.63) is 35.4 Å². The Hall–Kier alpha value is -2.78. The molecular formula is C17H22F3N3O4. The van der Waals surface area contributed by atoms with Crippen molar-refractivity contribution >= 4 is 17.9 Å². The summed E-state index contributed by atoms with van der Waals surface area (Å²) < 4.78 is 43.9. The van der Waals surface area contributed by atoms with Crippen LogP contribution in [0.2, 0.25) is 0 Å². The molecule has 1 aromatic rings. The van der Waals surface area contributed by atoms with Crippen LogP contribution in [-0.2, 0) is 20.5 Å². The Morgan fingerprint density at radius 1 is 1.19 bits per heavy atom. The predicted molar refractivity (Wildman–Crippen MR) is 90.4 cm³/mol. The first-order valence-corrected chi connectivity index (χ1v) is 8.03. The summed E-state index contributed by atoms with van der Waals surface area (Å²) in [5, 5.41) is 2.45. The number of rotatable bonds is 8. The van der Waals surface area contributed by atoms with Crippen molar-refractivity contribution in [3.63, 3.8) is 0 Å². The van der Waals surface area contributed by atoms with Crippen LogP contribution in [0.5, 0.6) is 0 Å². The minimum atomic E-state index is -4.58. The monoisotopic (exact) mass is 389 g/mol. The summed E-state index contributed by atoms with van der Waals surface area (Å²) in [6.45, 7) is 2.89. The highest BCUT2D eigenvalue weighted by molar-refractivity contribution is 5.84. The quantitative estimate of drug-likeness (QED) is 0.629. The minimum Gasteiger partial charge on any atom is -0.444 e. The maximum atomic E-state index is 13.0. The SMILES string of the molecule is CC(C)(CC(C(=O)NCCC(N)=O)c1cccc(C(F)(F)F)c1)OC(N)=O. The molecule has 3 amide bonds. The van der Waals surface area contributed by atoms with E-state index in [0.717, 1.165) is 12.1 Å². The van der Waals surface area contributed by atoms with Crippen LogP contribution >= 0.6 is 0 Å². The lowest BCUT2D eigenvalue weighted by atomic mass is 9.86. The van der Waals surface area contributed by atoms with Crippen molar-refractivity contribution in [2.75, 3.05) is 6.54 Å². The molecule has 10 heteroatoms. The van der Waals surface area contributed by atoms with Gasteiger partial charge in [-0.1, -0.05) is 18.2 Å². The number of primary amides is 2. The molecule has 1 unspecified atom stereocenters. The van der Waals surface area contributed by atoms with E-state index in [9.17, 15) is 27.6 Å². The molecule has 0 aliphatic carbocycles. The number of alkyl halides is 3. The van der Waals surface area contributed by atoms with Crippen LogP contribution in [0.3, 0.4) is 0 Å². The molecule has 0 saturated heterocycles. The third-order valence-corrected chi connectivity index (χ3v) is 3.68. The van der Waals surface area contributed by atoms with Gasteiger partial charge in [-0.25, -0.2) is 4.79 Å². The van der Waals surface area contributed by atoms with Crippen molar-refractivity contribution in [1.29, 1.82) is 0 Å². The lowest BCUT2D eigenvalue weighted by molar-refractivity contribution is -0.137. The molecule has 0 aliphatic heterocycles. The highest BCUT2D eigenvalue weighted by atomic mass is 19.4. The fourth-order valence-corrected chi connectivity index (χ4v) is 2.53. The molecule has 0 fully saturated rings. The number of nitrogens with two attached hydrogens (primary N) is 2. The molecule has 0 spiro atoms. The molecule has 0 bridgehead atoms. The molecule has 150 valence electrons. The van der Waals surface area contributed by atoms with Gasteiger partial charge >= 0.3 is 12.3 Å². The van der Waals surface area contributed by atoms with E-state index in [-0.39, 0.29) is 24.9 Å². The molecule has 0 aromatic heterocycles. The number of hydrogen-bond acceptors (Lipinski definition) is 4. The van der Waals surface area contributed by atoms with Gasteiger partial charge in [0.25, 0.3) is 0 Å². The van der Waals surface area contributed by atoms with Crippen LogP contribution in [0, 0.1) is 0 Å². The van der Waals surface area contributed by atoms with E-state index in [1.807, 2.05) is 0 Å². The highest BCUT2D eigenvalue weighted by Gasteiger charge is 2.35. The first-order valence-electron chi connectivity index (χ1n) is 8.03. The van der Waals surface area contributed by atoms with Gasteiger partial charge in [0.1, 0.15) is 5.60 Å². The average molecular weight is 389 g/mol. The zero-order valence-electron chi connectivity index (χ0n) is 14.9. The molecule has 0 aliphatic rings. The summed E-state index contributed by atoms with van der Waals surface area (Å²) in [5.41, 5.74) is 7.96. The number of amides is 3. The van der Waals surface area contributed by atoms with Gasteiger partial charge in [0.2, 0.25) is 11.8 Å². The number of nitrogens with one attached hydrogen (secondary N) is 1. The standard InChI is InChI=1S/C17H22F3N3O4/c1-16(2,27-15(22)26)9-12(14(25)23-7-6-13(21)24)10-4-3-5-11(8-10)17(18,19)20/h3-5,8,12H,6-7,9H2,1-2H3,(H2,21,24)(H2,22,26)(H,23,25).